The predicted octanol–water partition coefficient (Wildman–Crippen LogP) is 3.37. The molecule has 0 radical (unpaired) electrons. The van der Waals surface area contributed by atoms with Crippen molar-refractivity contribution >= 4 is 0 Å². The molecular weight excluding hydrogens is 264 g/mol. The molecule has 3 rings (SSSR count). The quantitative estimate of drug-likeness (QED) is 0.846. The van der Waals surface area contributed by atoms with Gasteiger partial charge in [0.1, 0.15) is 11.5 Å². The zero-order valence-corrected chi connectivity index (χ0v) is 12.3. The lowest BCUT2D eigenvalue weighted by Crippen LogP contribution is -2.19. The van der Waals surface area contributed by atoms with Gasteiger partial charge in [0, 0.05) is 11.8 Å². The van der Waals surface area contributed by atoms with E-state index >= 15 is 0 Å². The van der Waals surface area contributed by atoms with E-state index in [1.54, 1.807) is 18.2 Å². The molecule has 0 aromatic heterocycles. The summed E-state index contributed by atoms with van der Waals surface area (Å²) in [4.78, 5) is 0. The second-order valence-corrected chi connectivity index (χ2v) is 6.17. The van der Waals surface area contributed by atoms with E-state index in [1.807, 2.05) is 18.2 Å². The third-order valence-electron chi connectivity index (χ3n) is 4.24. The van der Waals surface area contributed by atoms with Gasteiger partial charge in [-0.05, 0) is 34.9 Å². The number of rotatable bonds is 4. The van der Waals surface area contributed by atoms with Gasteiger partial charge in [-0.15, -0.1) is 0 Å². The van der Waals surface area contributed by atoms with E-state index in [0.29, 0.717) is 5.75 Å². The SMILES string of the molecule is CC(C)(c1ccc(O)cc1)c1ccc(O)c(CC2CO2)c1. The zero-order chi connectivity index (χ0) is 15.0. The first-order chi connectivity index (χ1) is 9.96. The molecular formula is C18H20O3. The Bertz CT molecular complexity index is 640. The molecule has 2 N–H and O–H groups in total. The lowest BCUT2D eigenvalue weighted by Gasteiger charge is -2.27. The molecule has 1 saturated heterocycles. The summed E-state index contributed by atoms with van der Waals surface area (Å²) in [6, 6.07) is 13.1. The Hall–Kier alpha value is -2.00. The summed E-state index contributed by atoms with van der Waals surface area (Å²) >= 11 is 0. The standard InChI is InChI=1S/C18H20O3/c1-18(2,13-3-6-15(19)7-4-13)14-5-8-17(20)12(9-14)10-16-11-21-16/h3-9,16,19-20H,10-11H2,1-2H3. The maximum absolute atomic E-state index is 10.00. The van der Waals surface area contributed by atoms with Crippen molar-refractivity contribution in [3.63, 3.8) is 0 Å². The van der Waals surface area contributed by atoms with Crippen LogP contribution in [0.1, 0.15) is 30.5 Å². The van der Waals surface area contributed by atoms with Gasteiger partial charge < -0.3 is 14.9 Å². The van der Waals surface area contributed by atoms with Gasteiger partial charge in [0.2, 0.25) is 0 Å². The van der Waals surface area contributed by atoms with E-state index in [1.165, 1.54) is 0 Å². The molecule has 1 fully saturated rings. The Labute approximate surface area is 124 Å². The second-order valence-electron chi connectivity index (χ2n) is 6.17. The number of aromatic hydroxyl groups is 2. The lowest BCUT2D eigenvalue weighted by molar-refractivity contribution is 0.401. The van der Waals surface area contributed by atoms with Gasteiger partial charge in [-0.25, -0.2) is 0 Å². The molecule has 1 aliphatic heterocycles. The summed E-state index contributed by atoms with van der Waals surface area (Å²) in [7, 11) is 0. The molecule has 0 aliphatic carbocycles. The van der Waals surface area contributed by atoms with E-state index < -0.39 is 0 Å². The molecule has 1 aliphatic rings. The minimum Gasteiger partial charge on any atom is -0.508 e. The number of hydrogen-bond donors (Lipinski definition) is 2. The van der Waals surface area contributed by atoms with Crippen molar-refractivity contribution in [2.45, 2.75) is 31.8 Å². The average molecular weight is 284 g/mol. The Morgan fingerprint density at radius 1 is 1.05 bits per heavy atom. The number of phenolic OH excluding ortho intramolecular Hbond substituents is 2. The fourth-order valence-electron chi connectivity index (χ4n) is 2.61. The summed E-state index contributed by atoms with van der Waals surface area (Å²) in [6.07, 6.45) is 1.01. The first-order valence-electron chi connectivity index (χ1n) is 7.20. The molecule has 1 heterocycles. The molecule has 3 heteroatoms. The normalized spacial score (nSPS) is 17.7. The average Bonchev–Trinajstić information content (AvgIpc) is 3.25. The smallest absolute Gasteiger partial charge is 0.118 e. The third kappa shape index (κ3) is 2.88. The van der Waals surface area contributed by atoms with Crippen LogP contribution in [0.4, 0.5) is 0 Å². The van der Waals surface area contributed by atoms with Crippen LogP contribution in [0.15, 0.2) is 42.5 Å². The summed E-state index contributed by atoms with van der Waals surface area (Å²) in [6.45, 7) is 5.07. The van der Waals surface area contributed by atoms with E-state index in [2.05, 4.69) is 19.9 Å². The molecule has 3 nitrogen and oxygen atoms in total. The molecule has 1 unspecified atom stereocenters. The van der Waals surface area contributed by atoms with Gasteiger partial charge in [-0.2, -0.15) is 0 Å². The van der Waals surface area contributed by atoms with Gasteiger partial charge in [-0.3, -0.25) is 0 Å². The van der Waals surface area contributed by atoms with E-state index in [0.717, 1.165) is 29.7 Å². The highest BCUT2D eigenvalue weighted by atomic mass is 16.6. The minimum atomic E-state index is -0.194. The van der Waals surface area contributed by atoms with E-state index in [9.17, 15) is 10.2 Å². The summed E-state index contributed by atoms with van der Waals surface area (Å²) in [5.74, 6) is 0.600. The van der Waals surface area contributed by atoms with Gasteiger partial charge >= 0.3 is 0 Å². The topological polar surface area (TPSA) is 53.0 Å². The van der Waals surface area contributed by atoms with Gasteiger partial charge in [0.15, 0.2) is 0 Å². The van der Waals surface area contributed by atoms with E-state index in [4.69, 9.17) is 4.74 Å². The molecule has 0 amide bonds. The van der Waals surface area contributed by atoms with Crippen LogP contribution in [-0.4, -0.2) is 22.9 Å². The molecule has 0 spiro atoms. The highest BCUT2D eigenvalue weighted by Crippen LogP contribution is 2.35. The first-order valence-corrected chi connectivity index (χ1v) is 7.20. The van der Waals surface area contributed by atoms with Crippen molar-refractivity contribution in [2.24, 2.45) is 0 Å². The van der Waals surface area contributed by atoms with Crippen molar-refractivity contribution in [3.8, 4) is 11.5 Å². The monoisotopic (exact) mass is 284 g/mol. The summed E-state index contributed by atoms with van der Waals surface area (Å²) in [5, 5.41) is 19.4. The van der Waals surface area contributed by atoms with Crippen molar-refractivity contribution in [2.75, 3.05) is 6.61 Å². The Morgan fingerprint density at radius 3 is 2.29 bits per heavy atom. The summed E-state index contributed by atoms with van der Waals surface area (Å²) < 4.78 is 5.25. The van der Waals surface area contributed by atoms with Crippen molar-refractivity contribution in [3.05, 3.63) is 59.2 Å². The van der Waals surface area contributed by atoms with Crippen molar-refractivity contribution in [1.29, 1.82) is 0 Å². The number of ether oxygens (including phenoxy) is 1. The lowest BCUT2D eigenvalue weighted by atomic mass is 9.77. The zero-order valence-electron chi connectivity index (χ0n) is 12.3. The fourth-order valence-corrected chi connectivity index (χ4v) is 2.61. The van der Waals surface area contributed by atoms with Crippen LogP contribution in [0, 0.1) is 0 Å². The molecule has 2 aromatic carbocycles. The number of hydrogen-bond acceptors (Lipinski definition) is 3. The summed E-state index contributed by atoms with van der Waals surface area (Å²) in [5.41, 5.74) is 3.00. The van der Waals surface area contributed by atoms with Crippen LogP contribution >= 0.6 is 0 Å². The maximum Gasteiger partial charge on any atom is 0.118 e. The Morgan fingerprint density at radius 2 is 1.67 bits per heavy atom. The molecule has 110 valence electrons. The van der Waals surface area contributed by atoms with E-state index in [-0.39, 0.29) is 17.3 Å². The van der Waals surface area contributed by atoms with Crippen molar-refractivity contribution in [1.82, 2.24) is 0 Å². The number of benzene rings is 2. The maximum atomic E-state index is 10.00. The van der Waals surface area contributed by atoms with Gasteiger partial charge in [0.05, 0.1) is 12.7 Å². The molecule has 0 bridgehead atoms. The number of epoxide rings is 1. The van der Waals surface area contributed by atoms with Crippen LogP contribution in [0.25, 0.3) is 0 Å². The third-order valence-corrected chi connectivity index (χ3v) is 4.24. The molecule has 21 heavy (non-hydrogen) atoms. The van der Waals surface area contributed by atoms with Crippen LogP contribution in [-0.2, 0) is 16.6 Å². The largest absolute Gasteiger partial charge is 0.508 e. The minimum absolute atomic E-state index is 0.194. The Balaban J connectivity index is 1.95. The van der Waals surface area contributed by atoms with Crippen LogP contribution in [0.5, 0.6) is 11.5 Å². The molecule has 0 saturated carbocycles. The number of phenols is 2. The van der Waals surface area contributed by atoms with Crippen LogP contribution < -0.4 is 0 Å². The Kier molecular flexibility index (Phi) is 3.38. The van der Waals surface area contributed by atoms with Crippen LogP contribution in [0.3, 0.4) is 0 Å². The van der Waals surface area contributed by atoms with Crippen molar-refractivity contribution < 1.29 is 14.9 Å². The van der Waals surface area contributed by atoms with Crippen LogP contribution in [0.2, 0.25) is 0 Å². The predicted molar refractivity (Wildman–Crippen MR) is 81.8 cm³/mol. The highest BCUT2D eigenvalue weighted by Gasteiger charge is 2.27. The first kappa shape index (κ1) is 14.0. The fraction of sp³-hybridized carbons (Fsp3) is 0.333. The van der Waals surface area contributed by atoms with Gasteiger partial charge in [0.25, 0.3) is 0 Å². The molecule has 2 aromatic rings. The highest BCUT2D eigenvalue weighted by molar-refractivity contribution is 5.45. The second kappa shape index (κ2) is 5.08. The molecule has 1 atom stereocenters. The van der Waals surface area contributed by atoms with Gasteiger partial charge in [-0.1, -0.05) is 38.1 Å².